The topological polar surface area (TPSA) is 106 Å². The van der Waals surface area contributed by atoms with Gasteiger partial charge in [-0.2, -0.15) is 0 Å². The number of fused-ring (bicyclic) bond motifs is 1. The van der Waals surface area contributed by atoms with Crippen molar-refractivity contribution in [3.8, 4) is 11.5 Å². The molecule has 1 aliphatic heterocycles. The van der Waals surface area contributed by atoms with Crippen LogP contribution in [0.25, 0.3) is 10.9 Å². The molecule has 43 heavy (non-hydrogen) atoms. The van der Waals surface area contributed by atoms with Gasteiger partial charge in [0.25, 0.3) is 0 Å². The molecule has 10 nitrogen and oxygen atoms in total. The van der Waals surface area contributed by atoms with Crippen molar-refractivity contribution in [3.05, 3.63) is 62.1 Å². The summed E-state index contributed by atoms with van der Waals surface area (Å²) in [5.41, 5.74) is 0.252. The predicted molar refractivity (Wildman–Crippen MR) is 159 cm³/mol. The number of halogens is 4. The number of aliphatic hydroxyl groups excluding tert-OH is 1. The number of pyridine rings is 1. The Kier molecular flexibility index (Phi) is 9.92. The van der Waals surface area contributed by atoms with E-state index in [1.54, 1.807) is 12.1 Å². The summed E-state index contributed by atoms with van der Waals surface area (Å²) in [5, 5.41) is 12.1. The van der Waals surface area contributed by atoms with Crippen molar-refractivity contribution in [2.45, 2.75) is 25.2 Å². The summed E-state index contributed by atoms with van der Waals surface area (Å²) in [6.07, 6.45) is -0.663. The first-order valence-corrected chi connectivity index (χ1v) is 14.6. The zero-order valence-corrected chi connectivity index (χ0v) is 25.0. The third kappa shape index (κ3) is 6.99. The fourth-order valence-corrected chi connectivity index (χ4v) is 5.68. The fourth-order valence-electron chi connectivity index (χ4n) is 5.20. The molecule has 1 amide bonds. The number of alkyl halides is 1. The number of amides is 1. The maximum atomic E-state index is 15.8. The van der Waals surface area contributed by atoms with E-state index in [0.717, 1.165) is 6.07 Å². The summed E-state index contributed by atoms with van der Waals surface area (Å²) in [6, 6.07) is 5.25. The highest BCUT2D eigenvalue weighted by Gasteiger charge is 2.41. The van der Waals surface area contributed by atoms with Crippen LogP contribution in [0.3, 0.4) is 0 Å². The number of anilines is 1. The van der Waals surface area contributed by atoms with Crippen LogP contribution < -0.4 is 25.1 Å². The number of benzene rings is 2. The van der Waals surface area contributed by atoms with Gasteiger partial charge in [-0.05, 0) is 23.8 Å². The van der Waals surface area contributed by atoms with Crippen molar-refractivity contribution < 1.29 is 32.9 Å². The van der Waals surface area contributed by atoms with Gasteiger partial charge in [-0.15, -0.1) is 0 Å². The highest BCUT2D eigenvalue weighted by atomic mass is 35.5. The van der Waals surface area contributed by atoms with E-state index < -0.39 is 29.6 Å². The molecule has 0 spiro atoms. The largest absolute Gasteiger partial charge is 0.492 e. The van der Waals surface area contributed by atoms with E-state index in [1.165, 1.54) is 23.9 Å². The highest BCUT2D eigenvalue weighted by Crippen LogP contribution is 2.46. The third-order valence-electron chi connectivity index (χ3n) is 7.52. The first-order valence-electron chi connectivity index (χ1n) is 13.9. The summed E-state index contributed by atoms with van der Waals surface area (Å²) < 4.78 is 48.1. The Balaban J connectivity index is 1.41. The first kappa shape index (κ1) is 31.3. The van der Waals surface area contributed by atoms with E-state index in [9.17, 15) is 14.0 Å². The molecule has 1 aromatic heterocycles. The van der Waals surface area contributed by atoms with Crippen LogP contribution in [0.2, 0.25) is 10.0 Å². The second-order valence-corrected chi connectivity index (χ2v) is 11.2. The van der Waals surface area contributed by atoms with Gasteiger partial charge in [0.15, 0.2) is 17.3 Å². The summed E-state index contributed by atoms with van der Waals surface area (Å²) >= 11 is 12.1. The monoisotopic (exact) mass is 640 g/mol. The number of piperazine rings is 1. The molecule has 2 atom stereocenters. The number of rotatable bonds is 11. The molecular weight excluding hydrogens is 609 g/mol. The van der Waals surface area contributed by atoms with E-state index in [-0.39, 0.29) is 54.3 Å². The molecule has 5 rings (SSSR count). The van der Waals surface area contributed by atoms with E-state index in [2.05, 4.69) is 10.2 Å². The summed E-state index contributed by atoms with van der Waals surface area (Å²) in [5.74, 6) is -0.948. The molecule has 2 N–H and O–H groups in total. The van der Waals surface area contributed by atoms with E-state index in [4.69, 9.17) is 42.5 Å². The zero-order chi connectivity index (χ0) is 30.7. The molecule has 0 unspecified atom stereocenters. The molecule has 1 saturated heterocycles. The normalized spacial score (nSPS) is 18.6. The van der Waals surface area contributed by atoms with Crippen LogP contribution in [-0.4, -0.2) is 86.5 Å². The van der Waals surface area contributed by atoms with Crippen LogP contribution in [0, 0.1) is 5.82 Å². The molecule has 2 fully saturated rings. The number of hydrogen-bond acceptors (Lipinski definition) is 8. The first-order chi connectivity index (χ1) is 20.7. The number of aromatic nitrogens is 1. The Morgan fingerprint density at radius 3 is 2.56 bits per heavy atom. The molecule has 232 valence electrons. The number of aliphatic hydroxyl groups is 1. The number of nitrogens with one attached hydrogen (secondary N) is 1. The molecule has 2 aliphatic rings. The van der Waals surface area contributed by atoms with Gasteiger partial charge in [-0.3, -0.25) is 9.69 Å². The lowest BCUT2D eigenvalue weighted by atomic mass is 10.1. The van der Waals surface area contributed by atoms with Crippen LogP contribution >= 0.6 is 23.2 Å². The highest BCUT2D eigenvalue weighted by molar-refractivity contribution is 6.35. The minimum atomic E-state index is -1.19. The van der Waals surface area contributed by atoms with Crippen LogP contribution in [-0.2, 0) is 11.3 Å². The van der Waals surface area contributed by atoms with Gasteiger partial charge in [0.2, 0.25) is 5.43 Å². The fraction of sp³-hybridized carbons (Fsp3) is 0.448. The number of carbonyl (C=O) groups is 1. The molecular formula is C29H32Cl2F2N4O6. The van der Waals surface area contributed by atoms with Crippen LogP contribution in [0.15, 0.2) is 35.3 Å². The lowest BCUT2D eigenvalue weighted by Crippen LogP contribution is -2.47. The average molecular weight is 641 g/mol. The molecule has 3 aromatic rings. The Morgan fingerprint density at radius 1 is 1.16 bits per heavy atom. The quantitative estimate of drug-likeness (QED) is 0.301. The van der Waals surface area contributed by atoms with Gasteiger partial charge >= 0.3 is 6.09 Å². The minimum Gasteiger partial charge on any atom is -0.492 e. The lowest BCUT2D eigenvalue weighted by molar-refractivity contribution is 0.0724. The second-order valence-electron chi connectivity index (χ2n) is 10.3. The van der Waals surface area contributed by atoms with Crippen molar-refractivity contribution in [2.75, 3.05) is 64.6 Å². The van der Waals surface area contributed by atoms with Crippen molar-refractivity contribution in [2.24, 2.45) is 0 Å². The van der Waals surface area contributed by atoms with Gasteiger partial charge < -0.3 is 34.1 Å². The van der Waals surface area contributed by atoms with Crippen molar-refractivity contribution in [1.29, 1.82) is 0 Å². The third-order valence-corrected chi connectivity index (χ3v) is 8.11. The Morgan fingerprint density at radius 2 is 1.91 bits per heavy atom. The van der Waals surface area contributed by atoms with Gasteiger partial charge in [0.05, 0.1) is 50.1 Å². The van der Waals surface area contributed by atoms with Crippen molar-refractivity contribution in [1.82, 2.24) is 14.8 Å². The van der Waals surface area contributed by atoms with Crippen molar-refractivity contribution in [3.63, 3.8) is 0 Å². The smallest absolute Gasteiger partial charge is 0.413 e. The van der Waals surface area contributed by atoms with Gasteiger partial charge in [0, 0.05) is 55.7 Å². The standard InChI is InChI=1S/C29H32Cl2F2N4O6/c1-41-28-25-19(13-22(33)26(28)36-6-4-35(5-7-36)8-10-42-11-9-38)27(39)24(16-37(25)23-14-21(23)32)43-29(40)34-15-17-2-3-18(30)12-20(17)31/h2-3,12-13,16,21,23,38H,4-11,14-15H2,1H3,(H,34,40)/t21-,23+/m0/s1. The Hall–Kier alpha value is -3.16. The number of ether oxygens (including phenoxy) is 3. The molecule has 2 heterocycles. The number of nitrogens with zero attached hydrogens (tertiary/aromatic N) is 3. The minimum absolute atomic E-state index is 0.000541. The SMILES string of the molecule is COc1c(N2CCN(CCOCCO)CC2)c(F)cc2c(=O)c(OC(=O)NCc3ccc(Cl)cc3Cl)cn([C@@H]3C[C@@H]3F)c12. The Bertz CT molecular complexity index is 1550. The summed E-state index contributed by atoms with van der Waals surface area (Å²) in [4.78, 5) is 30.1. The van der Waals surface area contributed by atoms with Crippen LogP contribution in [0.1, 0.15) is 18.0 Å². The lowest BCUT2D eigenvalue weighted by Gasteiger charge is -2.37. The van der Waals surface area contributed by atoms with Gasteiger partial charge in [-0.25, -0.2) is 13.6 Å². The molecule has 2 aromatic carbocycles. The molecule has 0 bridgehead atoms. The van der Waals surface area contributed by atoms with Crippen molar-refractivity contribution >= 4 is 45.9 Å². The number of methoxy groups -OCH3 is 1. The van der Waals surface area contributed by atoms with E-state index in [0.29, 0.717) is 54.9 Å². The summed E-state index contributed by atoms with van der Waals surface area (Å²) in [7, 11) is 1.38. The van der Waals surface area contributed by atoms with E-state index >= 15 is 4.39 Å². The summed E-state index contributed by atoms with van der Waals surface area (Å²) in [6.45, 7) is 3.62. The average Bonchev–Trinajstić information content (AvgIpc) is 3.72. The maximum Gasteiger partial charge on any atom is 0.413 e. The second kappa shape index (κ2) is 13.6. The van der Waals surface area contributed by atoms with Crippen LogP contribution in [0.5, 0.6) is 11.5 Å². The predicted octanol–water partition coefficient (Wildman–Crippen LogP) is 4.16. The maximum absolute atomic E-state index is 15.8. The van der Waals surface area contributed by atoms with Gasteiger partial charge in [0.1, 0.15) is 11.9 Å². The number of carbonyl (C=O) groups excluding carboxylic acids is 1. The number of hydrogen-bond donors (Lipinski definition) is 2. The Labute approximate surface area is 256 Å². The molecule has 14 heteroatoms. The van der Waals surface area contributed by atoms with E-state index in [1.807, 2.05) is 4.90 Å². The van der Waals surface area contributed by atoms with Crippen LogP contribution in [0.4, 0.5) is 19.3 Å². The zero-order valence-electron chi connectivity index (χ0n) is 23.5. The van der Waals surface area contributed by atoms with Gasteiger partial charge in [-0.1, -0.05) is 29.3 Å². The molecule has 1 saturated carbocycles. The molecule has 0 radical (unpaired) electrons. The molecule has 1 aliphatic carbocycles.